The molecular weight excluding hydrogens is 204 g/mol. The van der Waals surface area contributed by atoms with Crippen LogP contribution in [0.15, 0.2) is 30.9 Å². The van der Waals surface area contributed by atoms with Crippen molar-refractivity contribution in [1.82, 2.24) is 0 Å². The fraction of sp³-hybridized carbons (Fsp3) is 0.111. The van der Waals surface area contributed by atoms with E-state index in [-0.39, 0.29) is 5.69 Å². The number of halogens is 1. The number of hydrogen-bond acceptors (Lipinski definition) is 3. The van der Waals surface area contributed by atoms with Gasteiger partial charge in [-0.05, 0) is 12.1 Å². The van der Waals surface area contributed by atoms with Crippen molar-refractivity contribution in [2.75, 3.05) is 0 Å². The fourth-order valence-corrected chi connectivity index (χ4v) is 1.27. The first kappa shape index (κ1) is 10.7. The van der Waals surface area contributed by atoms with Crippen LogP contribution in [0.5, 0.6) is 0 Å². The summed E-state index contributed by atoms with van der Waals surface area (Å²) < 4.78 is 0. The van der Waals surface area contributed by atoms with Crippen molar-refractivity contribution < 1.29 is 4.92 Å². The zero-order chi connectivity index (χ0) is 10.7. The maximum atomic E-state index is 10.6. The fourth-order valence-electron chi connectivity index (χ4n) is 1.09. The van der Waals surface area contributed by atoms with E-state index in [0.717, 1.165) is 0 Å². The van der Waals surface area contributed by atoms with Crippen molar-refractivity contribution in [1.29, 1.82) is 0 Å². The highest BCUT2D eigenvalue weighted by molar-refractivity contribution is 6.30. The van der Waals surface area contributed by atoms with Gasteiger partial charge < -0.3 is 5.73 Å². The van der Waals surface area contributed by atoms with Crippen molar-refractivity contribution >= 4 is 17.3 Å². The lowest BCUT2D eigenvalue weighted by Gasteiger charge is -2.07. The summed E-state index contributed by atoms with van der Waals surface area (Å²) in [5.74, 6) is 0. The van der Waals surface area contributed by atoms with Gasteiger partial charge in [-0.15, -0.1) is 6.58 Å². The zero-order valence-corrected chi connectivity index (χ0v) is 8.07. The summed E-state index contributed by atoms with van der Waals surface area (Å²) in [6, 6.07) is 3.69. The third-order valence-corrected chi connectivity index (χ3v) is 2.03. The van der Waals surface area contributed by atoms with Gasteiger partial charge in [0.15, 0.2) is 0 Å². The third kappa shape index (κ3) is 2.10. The Bertz CT molecular complexity index is 379. The Kier molecular flexibility index (Phi) is 3.22. The smallest absolute Gasteiger partial charge is 0.274 e. The summed E-state index contributed by atoms with van der Waals surface area (Å²) in [5, 5.41) is 11.0. The van der Waals surface area contributed by atoms with Crippen molar-refractivity contribution in [3.05, 3.63) is 51.6 Å². The molecule has 0 amide bonds. The van der Waals surface area contributed by atoms with Crippen molar-refractivity contribution in [2.24, 2.45) is 5.73 Å². The molecule has 5 heteroatoms. The predicted molar refractivity (Wildman–Crippen MR) is 55.2 cm³/mol. The van der Waals surface area contributed by atoms with Crippen LogP contribution in [-0.4, -0.2) is 4.92 Å². The lowest BCUT2D eigenvalue weighted by Crippen LogP contribution is -2.09. The second-order valence-corrected chi connectivity index (χ2v) is 3.16. The van der Waals surface area contributed by atoms with Gasteiger partial charge >= 0.3 is 0 Å². The molecule has 0 aliphatic rings. The number of hydrogen-bond donors (Lipinski definition) is 1. The molecule has 0 aromatic heterocycles. The van der Waals surface area contributed by atoms with Crippen LogP contribution >= 0.6 is 11.6 Å². The highest BCUT2D eigenvalue weighted by Gasteiger charge is 2.17. The Labute approximate surface area is 86.1 Å². The molecule has 1 atom stereocenters. The second kappa shape index (κ2) is 4.21. The molecule has 0 aliphatic heterocycles. The topological polar surface area (TPSA) is 69.2 Å². The summed E-state index contributed by atoms with van der Waals surface area (Å²) in [6.45, 7) is 3.48. The molecule has 1 aromatic carbocycles. The third-order valence-electron chi connectivity index (χ3n) is 1.80. The number of nitro groups is 1. The van der Waals surface area contributed by atoms with Gasteiger partial charge in [-0.3, -0.25) is 10.1 Å². The molecule has 2 N–H and O–H groups in total. The van der Waals surface area contributed by atoms with Crippen LogP contribution < -0.4 is 5.73 Å². The average molecular weight is 213 g/mol. The maximum absolute atomic E-state index is 10.6. The monoisotopic (exact) mass is 212 g/mol. The lowest BCUT2D eigenvalue weighted by atomic mass is 10.1. The molecule has 0 heterocycles. The van der Waals surface area contributed by atoms with Crippen LogP contribution in [0, 0.1) is 10.1 Å². The number of benzene rings is 1. The molecule has 0 aliphatic carbocycles. The van der Waals surface area contributed by atoms with E-state index in [1.165, 1.54) is 24.3 Å². The predicted octanol–water partition coefficient (Wildman–Crippen LogP) is 2.43. The minimum absolute atomic E-state index is 0.0400. The zero-order valence-electron chi connectivity index (χ0n) is 7.31. The van der Waals surface area contributed by atoms with E-state index in [9.17, 15) is 10.1 Å². The molecule has 14 heavy (non-hydrogen) atoms. The first-order valence-corrected chi connectivity index (χ1v) is 4.26. The SMILES string of the molecule is C=C[C@H](N)c1cc(Cl)ccc1[N+](=O)[O-]. The van der Waals surface area contributed by atoms with Crippen LogP contribution in [-0.2, 0) is 0 Å². The minimum Gasteiger partial charge on any atom is -0.321 e. The van der Waals surface area contributed by atoms with Gasteiger partial charge in [-0.2, -0.15) is 0 Å². The van der Waals surface area contributed by atoms with Crippen molar-refractivity contribution in [3.63, 3.8) is 0 Å². The highest BCUT2D eigenvalue weighted by Crippen LogP contribution is 2.27. The molecule has 0 saturated heterocycles. The van der Waals surface area contributed by atoms with Crippen LogP contribution in [0.2, 0.25) is 5.02 Å². The van der Waals surface area contributed by atoms with E-state index in [0.29, 0.717) is 10.6 Å². The molecule has 1 rings (SSSR count). The van der Waals surface area contributed by atoms with Crippen LogP contribution in [0.4, 0.5) is 5.69 Å². The van der Waals surface area contributed by atoms with E-state index in [4.69, 9.17) is 17.3 Å². The Morgan fingerprint density at radius 3 is 2.79 bits per heavy atom. The van der Waals surface area contributed by atoms with E-state index < -0.39 is 11.0 Å². The number of nitrogens with two attached hydrogens (primary N) is 1. The van der Waals surface area contributed by atoms with Crippen LogP contribution in [0.25, 0.3) is 0 Å². The van der Waals surface area contributed by atoms with Crippen molar-refractivity contribution in [2.45, 2.75) is 6.04 Å². The first-order valence-electron chi connectivity index (χ1n) is 3.88. The van der Waals surface area contributed by atoms with Gasteiger partial charge in [0.25, 0.3) is 5.69 Å². The lowest BCUT2D eigenvalue weighted by molar-refractivity contribution is -0.385. The van der Waals surface area contributed by atoms with Crippen molar-refractivity contribution in [3.8, 4) is 0 Å². The molecule has 0 bridgehead atoms. The number of rotatable bonds is 3. The van der Waals surface area contributed by atoms with Gasteiger partial charge in [0.05, 0.1) is 16.5 Å². The van der Waals surface area contributed by atoms with Gasteiger partial charge in [-0.1, -0.05) is 17.7 Å². The number of nitro benzene ring substituents is 1. The summed E-state index contributed by atoms with van der Waals surface area (Å²) in [5.41, 5.74) is 5.95. The normalized spacial score (nSPS) is 12.1. The molecule has 0 fully saturated rings. The largest absolute Gasteiger partial charge is 0.321 e. The Balaban J connectivity index is 3.29. The number of nitrogens with zero attached hydrogens (tertiary/aromatic N) is 1. The van der Waals surface area contributed by atoms with Gasteiger partial charge in [0.1, 0.15) is 0 Å². The molecule has 0 unspecified atom stereocenters. The second-order valence-electron chi connectivity index (χ2n) is 2.72. The summed E-state index contributed by atoms with van der Waals surface area (Å²) in [4.78, 5) is 10.1. The van der Waals surface area contributed by atoms with Crippen LogP contribution in [0.1, 0.15) is 11.6 Å². The molecular formula is C9H9ClN2O2. The quantitative estimate of drug-likeness (QED) is 0.475. The first-order chi connectivity index (χ1) is 6.56. The summed E-state index contributed by atoms with van der Waals surface area (Å²) in [6.07, 6.45) is 1.43. The molecule has 1 aromatic rings. The Morgan fingerprint density at radius 2 is 2.29 bits per heavy atom. The van der Waals surface area contributed by atoms with Gasteiger partial charge in [0, 0.05) is 11.1 Å². The molecule has 0 radical (unpaired) electrons. The molecule has 74 valence electrons. The molecule has 0 spiro atoms. The van der Waals surface area contributed by atoms with Gasteiger partial charge in [0.2, 0.25) is 0 Å². The minimum atomic E-state index is -0.575. The van der Waals surface area contributed by atoms with E-state index in [1.807, 2.05) is 0 Å². The standard InChI is InChI=1S/C9H9ClN2O2/c1-2-8(11)7-5-6(10)3-4-9(7)12(13)14/h2-5,8H,1,11H2/t8-/m0/s1. The Morgan fingerprint density at radius 1 is 1.64 bits per heavy atom. The molecule has 4 nitrogen and oxygen atoms in total. The summed E-state index contributed by atoms with van der Waals surface area (Å²) >= 11 is 5.71. The van der Waals surface area contributed by atoms with E-state index in [2.05, 4.69) is 6.58 Å². The average Bonchev–Trinajstić information content (AvgIpc) is 2.16. The maximum Gasteiger partial charge on any atom is 0.274 e. The van der Waals surface area contributed by atoms with E-state index >= 15 is 0 Å². The highest BCUT2D eigenvalue weighted by atomic mass is 35.5. The van der Waals surface area contributed by atoms with Gasteiger partial charge in [-0.25, -0.2) is 0 Å². The summed E-state index contributed by atoms with van der Waals surface area (Å²) in [7, 11) is 0. The van der Waals surface area contributed by atoms with Crippen LogP contribution in [0.3, 0.4) is 0 Å². The van der Waals surface area contributed by atoms with E-state index in [1.54, 1.807) is 0 Å². The molecule has 0 saturated carbocycles. The Hall–Kier alpha value is -1.39.